The van der Waals surface area contributed by atoms with E-state index in [0.717, 1.165) is 17.7 Å². The van der Waals surface area contributed by atoms with Crippen LogP contribution >= 0.6 is 23.8 Å². The Hall–Kier alpha value is -3.10. The number of methoxy groups -OCH3 is 2. The number of anilines is 1. The molecule has 1 unspecified atom stereocenters. The first-order chi connectivity index (χ1) is 15.9. The van der Waals surface area contributed by atoms with Crippen LogP contribution in [-0.4, -0.2) is 41.3 Å². The topological polar surface area (TPSA) is 68.0 Å². The van der Waals surface area contributed by atoms with Crippen LogP contribution in [0.3, 0.4) is 0 Å². The van der Waals surface area contributed by atoms with Crippen molar-refractivity contribution in [2.75, 3.05) is 19.1 Å². The summed E-state index contributed by atoms with van der Waals surface area (Å²) in [7, 11) is 3.20. The maximum Gasteiger partial charge on any atom is 0.256 e. The normalized spacial score (nSPS) is 15.9. The van der Waals surface area contributed by atoms with Crippen molar-refractivity contribution in [3.05, 3.63) is 70.6 Å². The SMILES string of the molecule is CCc1cc(CC2C(=O)N(c3ccc(Cl)cc3)C(=S)N2Cc2cc(OC)cc(OC)c2)on1. The Morgan fingerprint density at radius 2 is 1.76 bits per heavy atom. The van der Waals surface area contributed by atoms with Gasteiger partial charge in [-0.25, -0.2) is 0 Å². The van der Waals surface area contributed by atoms with Crippen molar-refractivity contribution in [2.24, 2.45) is 0 Å². The molecule has 1 aliphatic rings. The Kier molecular flexibility index (Phi) is 6.85. The van der Waals surface area contributed by atoms with Gasteiger partial charge < -0.3 is 18.9 Å². The summed E-state index contributed by atoms with van der Waals surface area (Å²) in [6.45, 7) is 2.39. The first-order valence-corrected chi connectivity index (χ1v) is 11.3. The van der Waals surface area contributed by atoms with Gasteiger partial charge in [0.15, 0.2) is 5.11 Å². The number of amides is 1. The highest BCUT2D eigenvalue weighted by molar-refractivity contribution is 7.80. The number of hydrogen-bond acceptors (Lipinski definition) is 6. The van der Waals surface area contributed by atoms with Gasteiger partial charge in [0.25, 0.3) is 5.91 Å². The predicted molar refractivity (Wildman–Crippen MR) is 130 cm³/mol. The second-order valence-corrected chi connectivity index (χ2v) is 8.44. The van der Waals surface area contributed by atoms with E-state index in [1.807, 2.05) is 30.0 Å². The summed E-state index contributed by atoms with van der Waals surface area (Å²) < 4.78 is 16.3. The fourth-order valence-electron chi connectivity index (χ4n) is 3.81. The molecule has 1 fully saturated rings. The summed E-state index contributed by atoms with van der Waals surface area (Å²) in [5, 5.41) is 5.06. The number of halogens is 1. The van der Waals surface area contributed by atoms with Crippen molar-refractivity contribution in [1.82, 2.24) is 10.1 Å². The highest BCUT2D eigenvalue weighted by atomic mass is 35.5. The number of aromatic nitrogens is 1. The first kappa shape index (κ1) is 23.1. The fourth-order valence-corrected chi connectivity index (χ4v) is 4.32. The monoisotopic (exact) mass is 485 g/mol. The van der Waals surface area contributed by atoms with Crippen LogP contribution in [0.2, 0.25) is 5.02 Å². The zero-order valence-corrected chi connectivity index (χ0v) is 20.2. The van der Waals surface area contributed by atoms with Crippen molar-refractivity contribution in [2.45, 2.75) is 32.4 Å². The molecular formula is C24H24ClN3O4S. The Morgan fingerprint density at radius 3 is 2.33 bits per heavy atom. The molecule has 0 bridgehead atoms. The highest BCUT2D eigenvalue weighted by Gasteiger charge is 2.43. The summed E-state index contributed by atoms with van der Waals surface area (Å²) in [6, 6.07) is 14.0. The molecule has 1 amide bonds. The van der Waals surface area contributed by atoms with Crippen LogP contribution in [0.4, 0.5) is 5.69 Å². The van der Waals surface area contributed by atoms with Crippen LogP contribution in [0.25, 0.3) is 0 Å². The average Bonchev–Trinajstić information content (AvgIpc) is 3.37. The number of nitrogens with zero attached hydrogens (tertiary/aromatic N) is 3. The van der Waals surface area contributed by atoms with Gasteiger partial charge >= 0.3 is 0 Å². The average molecular weight is 486 g/mol. The molecule has 3 aromatic rings. The molecule has 7 nitrogen and oxygen atoms in total. The largest absolute Gasteiger partial charge is 0.497 e. The van der Waals surface area contributed by atoms with E-state index in [2.05, 4.69) is 5.16 Å². The molecule has 4 rings (SSSR count). The lowest BCUT2D eigenvalue weighted by atomic mass is 10.1. The van der Waals surface area contributed by atoms with Crippen LogP contribution in [0.15, 0.2) is 53.1 Å². The molecule has 0 aliphatic carbocycles. The second-order valence-electron chi connectivity index (χ2n) is 7.64. The number of ether oxygens (including phenoxy) is 2. The lowest BCUT2D eigenvalue weighted by molar-refractivity contribution is -0.119. The van der Waals surface area contributed by atoms with Crippen LogP contribution in [-0.2, 0) is 24.2 Å². The third kappa shape index (κ3) is 4.82. The van der Waals surface area contributed by atoms with E-state index in [-0.39, 0.29) is 5.91 Å². The van der Waals surface area contributed by atoms with Gasteiger partial charge in [-0.15, -0.1) is 0 Å². The first-order valence-electron chi connectivity index (χ1n) is 10.5. The van der Waals surface area contributed by atoms with Crippen molar-refractivity contribution in [1.29, 1.82) is 0 Å². The highest BCUT2D eigenvalue weighted by Crippen LogP contribution is 2.31. The molecule has 9 heteroatoms. The number of carbonyl (C=O) groups is 1. The third-order valence-corrected chi connectivity index (χ3v) is 6.20. The van der Waals surface area contributed by atoms with Crippen LogP contribution in [0.5, 0.6) is 11.5 Å². The molecule has 2 aromatic carbocycles. The summed E-state index contributed by atoms with van der Waals surface area (Å²) in [5.74, 6) is 1.83. The Balaban J connectivity index is 1.69. The fraction of sp³-hybridized carbons (Fsp3) is 0.292. The van der Waals surface area contributed by atoms with E-state index in [9.17, 15) is 4.79 Å². The summed E-state index contributed by atoms with van der Waals surface area (Å²) >= 11 is 11.8. The van der Waals surface area contributed by atoms with Gasteiger partial charge in [0.1, 0.15) is 23.3 Å². The maximum atomic E-state index is 13.6. The number of thiocarbonyl (C=S) groups is 1. The lowest BCUT2D eigenvalue weighted by Gasteiger charge is -2.24. The van der Waals surface area contributed by atoms with Crippen molar-refractivity contribution >= 4 is 40.5 Å². The van der Waals surface area contributed by atoms with Gasteiger partial charge in [-0.2, -0.15) is 0 Å². The van der Waals surface area contributed by atoms with Crippen molar-refractivity contribution < 1.29 is 18.8 Å². The quantitative estimate of drug-likeness (QED) is 0.430. The second kappa shape index (κ2) is 9.80. The van der Waals surface area contributed by atoms with Gasteiger partial charge in [0, 0.05) is 30.1 Å². The van der Waals surface area contributed by atoms with E-state index < -0.39 is 6.04 Å². The van der Waals surface area contributed by atoms with Gasteiger partial charge in [-0.1, -0.05) is 23.7 Å². The molecule has 1 saturated heterocycles. The van der Waals surface area contributed by atoms with E-state index in [0.29, 0.717) is 46.0 Å². The van der Waals surface area contributed by atoms with E-state index in [1.165, 1.54) is 0 Å². The van der Waals surface area contributed by atoms with E-state index in [4.69, 9.17) is 37.8 Å². The summed E-state index contributed by atoms with van der Waals surface area (Å²) in [6.07, 6.45) is 1.10. The lowest BCUT2D eigenvalue weighted by Crippen LogP contribution is -2.36. The standard InChI is InChI=1S/C24H24ClN3O4S/c1-4-17-11-21(32-26-17)13-22-23(29)28(18-7-5-16(25)6-8-18)24(33)27(22)14-15-9-19(30-2)12-20(10-15)31-3/h5-12,22H,4,13-14H2,1-3H3. The van der Waals surface area contributed by atoms with Gasteiger partial charge in [-0.3, -0.25) is 9.69 Å². The predicted octanol–water partition coefficient (Wildman–Crippen LogP) is 4.65. The smallest absolute Gasteiger partial charge is 0.256 e. The van der Waals surface area contributed by atoms with E-state index in [1.54, 1.807) is 49.5 Å². The van der Waals surface area contributed by atoms with Crippen LogP contribution in [0, 0.1) is 0 Å². The number of aryl methyl sites for hydroxylation is 1. The molecule has 0 N–H and O–H groups in total. The Morgan fingerprint density at radius 1 is 1.09 bits per heavy atom. The molecule has 172 valence electrons. The molecule has 0 spiro atoms. The summed E-state index contributed by atoms with van der Waals surface area (Å²) in [4.78, 5) is 17.0. The molecule has 1 atom stereocenters. The molecule has 1 aliphatic heterocycles. The minimum Gasteiger partial charge on any atom is -0.497 e. The third-order valence-electron chi connectivity index (χ3n) is 5.53. The molecule has 2 heterocycles. The van der Waals surface area contributed by atoms with Gasteiger partial charge in [0.2, 0.25) is 0 Å². The molecule has 1 aromatic heterocycles. The minimum absolute atomic E-state index is 0.133. The number of hydrogen-bond donors (Lipinski definition) is 0. The zero-order chi connectivity index (χ0) is 23.5. The Bertz CT molecular complexity index is 1140. The Labute approximate surface area is 202 Å². The zero-order valence-electron chi connectivity index (χ0n) is 18.6. The minimum atomic E-state index is -0.553. The van der Waals surface area contributed by atoms with Crippen LogP contribution in [0.1, 0.15) is 23.9 Å². The number of benzene rings is 2. The van der Waals surface area contributed by atoms with E-state index >= 15 is 0 Å². The number of carbonyl (C=O) groups excluding carboxylic acids is 1. The molecular weight excluding hydrogens is 462 g/mol. The maximum absolute atomic E-state index is 13.6. The van der Waals surface area contributed by atoms with Gasteiger partial charge in [-0.05, 0) is 60.6 Å². The number of rotatable bonds is 8. The summed E-state index contributed by atoms with van der Waals surface area (Å²) in [5.41, 5.74) is 2.41. The molecule has 33 heavy (non-hydrogen) atoms. The van der Waals surface area contributed by atoms with Crippen LogP contribution < -0.4 is 14.4 Å². The molecule has 0 radical (unpaired) electrons. The van der Waals surface area contributed by atoms with Crippen molar-refractivity contribution in [3.63, 3.8) is 0 Å². The van der Waals surface area contributed by atoms with Crippen molar-refractivity contribution in [3.8, 4) is 11.5 Å². The van der Waals surface area contributed by atoms with Gasteiger partial charge in [0.05, 0.1) is 25.6 Å². The molecule has 0 saturated carbocycles.